The summed E-state index contributed by atoms with van der Waals surface area (Å²) in [6.07, 6.45) is 0. The first-order valence-corrected chi connectivity index (χ1v) is 7.35. The Morgan fingerprint density at radius 2 is 2.00 bits per heavy atom. The van der Waals surface area contributed by atoms with Crippen LogP contribution in [-0.2, 0) is 0 Å². The minimum absolute atomic E-state index is 0.223. The van der Waals surface area contributed by atoms with Gasteiger partial charge in [0.1, 0.15) is 5.82 Å². The highest BCUT2D eigenvalue weighted by Crippen LogP contribution is 2.28. The van der Waals surface area contributed by atoms with E-state index in [-0.39, 0.29) is 6.04 Å². The van der Waals surface area contributed by atoms with Crippen molar-refractivity contribution in [2.24, 2.45) is 0 Å². The van der Waals surface area contributed by atoms with Crippen LogP contribution in [0, 0.1) is 6.92 Å². The number of nitrogens with zero attached hydrogens (tertiary/aromatic N) is 2. The van der Waals surface area contributed by atoms with Crippen LogP contribution in [0.25, 0.3) is 11.0 Å². The van der Waals surface area contributed by atoms with Crippen LogP contribution in [0.4, 0.5) is 5.69 Å². The Balaban J connectivity index is 2.16. The summed E-state index contributed by atoms with van der Waals surface area (Å²) in [5.74, 6) is 0.998. The summed E-state index contributed by atoms with van der Waals surface area (Å²) in [4.78, 5) is 4.61. The van der Waals surface area contributed by atoms with Crippen molar-refractivity contribution in [3.8, 4) is 0 Å². The second-order valence-corrected chi connectivity index (χ2v) is 5.92. The van der Waals surface area contributed by atoms with Gasteiger partial charge in [0.2, 0.25) is 0 Å². The van der Waals surface area contributed by atoms with Crippen molar-refractivity contribution in [1.82, 2.24) is 9.55 Å². The van der Waals surface area contributed by atoms with E-state index in [1.807, 2.05) is 31.2 Å². The summed E-state index contributed by atoms with van der Waals surface area (Å²) in [6.45, 7) is 4.22. The molecule has 1 aromatic heterocycles. The second kappa shape index (κ2) is 4.94. The number of rotatable bonds is 2. The molecule has 0 fully saturated rings. The highest BCUT2D eigenvalue weighted by atomic mass is 79.9. The lowest BCUT2D eigenvalue weighted by Gasteiger charge is -2.17. The fourth-order valence-electron chi connectivity index (χ4n) is 2.64. The number of benzene rings is 2. The van der Waals surface area contributed by atoms with Gasteiger partial charge in [0.15, 0.2) is 0 Å². The van der Waals surface area contributed by atoms with Crippen molar-refractivity contribution in [2.75, 3.05) is 5.73 Å². The third kappa shape index (κ3) is 2.20. The van der Waals surface area contributed by atoms with Gasteiger partial charge in [0.05, 0.1) is 17.1 Å². The quantitative estimate of drug-likeness (QED) is 0.712. The smallest absolute Gasteiger partial charge is 0.107 e. The molecule has 3 rings (SSSR count). The SMILES string of the molecule is Cc1nc2cc(N)ccc2n1C(C)c1cccc(Br)c1. The number of aromatic nitrogens is 2. The third-order valence-corrected chi connectivity index (χ3v) is 4.10. The van der Waals surface area contributed by atoms with Crippen molar-refractivity contribution >= 4 is 32.7 Å². The maximum atomic E-state index is 5.83. The second-order valence-electron chi connectivity index (χ2n) is 5.01. The lowest BCUT2D eigenvalue weighted by Crippen LogP contribution is -2.08. The van der Waals surface area contributed by atoms with Gasteiger partial charge in [0, 0.05) is 10.2 Å². The van der Waals surface area contributed by atoms with Crippen LogP contribution in [0.5, 0.6) is 0 Å². The van der Waals surface area contributed by atoms with Gasteiger partial charge < -0.3 is 10.3 Å². The summed E-state index contributed by atoms with van der Waals surface area (Å²) >= 11 is 3.53. The average molecular weight is 330 g/mol. The molecule has 102 valence electrons. The van der Waals surface area contributed by atoms with Crippen LogP contribution in [-0.4, -0.2) is 9.55 Å². The molecule has 1 heterocycles. The van der Waals surface area contributed by atoms with E-state index in [2.05, 4.69) is 50.6 Å². The Bertz CT molecular complexity index is 776. The number of nitrogens with two attached hydrogens (primary N) is 1. The van der Waals surface area contributed by atoms with Gasteiger partial charge in [-0.2, -0.15) is 0 Å². The van der Waals surface area contributed by atoms with E-state index in [0.29, 0.717) is 0 Å². The topological polar surface area (TPSA) is 43.8 Å². The van der Waals surface area contributed by atoms with Crippen LogP contribution < -0.4 is 5.73 Å². The van der Waals surface area contributed by atoms with E-state index in [1.54, 1.807) is 0 Å². The summed E-state index contributed by atoms with van der Waals surface area (Å²) in [5.41, 5.74) is 9.89. The molecule has 2 N–H and O–H groups in total. The number of halogens is 1. The number of hydrogen-bond acceptors (Lipinski definition) is 2. The fourth-order valence-corrected chi connectivity index (χ4v) is 3.06. The maximum absolute atomic E-state index is 5.83. The highest BCUT2D eigenvalue weighted by Gasteiger charge is 2.15. The predicted octanol–water partition coefficient (Wildman–Crippen LogP) is 4.30. The number of hydrogen-bond donors (Lipinski definition) is 1. The van der Waals surface area contributed by atoms with E-state index in [0.717, 1.165) is 27.0 Å². The van der Waals surface area contributed by atoms with E-state index < -0.39 is 0 Å². The number of imidazole rings is 1. The Hall–Kier alpha value is -1.81. The lowest BCUT2D eigenvalue weighted by atomic mass is 10.1. The third-order valence-electron chi connectivity index (χ3n) is 3.61. The van der Waals surface area contributed by atoms with E-state index in [4.69, 9.17) is 5.73 Å². The van der Waals surface area contributed by atoms with E-state index in [9.17, 15) is 0 Å². The largest absolute Gasteiger partial charge is 0.399 e. The van der Waals surface area contributed by atoms with Crippen molar-refractivity contribution < 1.29 is 0 Å². The molecule has 0 aliphatic carbocycles. The molecule has 1 unspecified atom stereocenters. The van der Waals surface area contributed by atoms with Gasteiger partial charge in [-0.05, 0) is 49.7 Å². The molecule has 1 atom stereocenters. The van der Waals surface area contributed by atoms with Crippen LogP contribution in [0.3, 0.4) is 0 Å². The molecule has 0 radical (unpaired) electrons. The molecule has 2 aromatic carbocycles. The van der Waals surface area contributed by atoms with Gasteiger partial charge in [-0.25, -0.2) is 4.98 Å². The highest BCUT2D eigenvalue weighted by molar-refractivity contribution is 9.10. The summed E-state index contributed by atoms with van der Waals surface area (Å²) in [5, 5.41) is 0. The predicted molar refractivity (Wildman–Crippen MR) is 86.8 cm³/mol. The van der Waals surface area contributed by atoms with E-state index >= 15 is 0 Å². The Morgan fingerprint density at radius 1 is 1.20 bits per heavy atom. The van der Waals surface area contributed by atoms with Gasteiger partial charge in [-0.1, -0.05) is 28.1 Å². The maximum Gasteiger partial charge on any atom is 0.107 e. The molecule has 0 saturated carbocycles. The van der Waals surface area contributed by atoms with Crippen LogP contribution in [0.15, 0.2) is 46.9 Å². The zero-order chi connectivity index (χ0) is 14.3. The van der Waals surface area contributed by atoms with E-state index in [1.165, 1.54) is 5.56 Å². The molecule has 0 saturated heterocycles. The Morgan fingerprint density at radius 3 is 2.75 bits per heavy atom. The van der Waals surface area contributed by atoms with Gasteiger partial charge in [0.25, 0.3) is 0 Å². The Labute approximate surface area is 126 Å². The number of aryl methyl sites for hydroxylation is 1. The zero-order valence-electron chi connectivity index (χ0n) is 11.5. The van der Waals surface area contributed by atoms with Crippen molar-refractivity contribution in [1.29, 1.82) is 0 Å². The normalized spacial score (nSPS) is 12.8. The van der Waals surface area contributed by atoms with Crippen LogP contribution >= 0.6 is 15.9 Å². The molecule has 0 aliphatic heterocycles. The Kier molecular flexibility index (Phi) is 3.26. The number of nitrogen functional groups attached to an aromatic ring is 1. The number of fused-ring (bicyclic) bond motifs is 1. The molecular formula is C16H16BrN3. The summed E-state index contributed by atoms with van der Waals surface area (Å²) in [7, 11) is 0. The molecule has 0 bridgehead atoms. The van der Waals surface area contributed by atoms with Crippen molar-refractivity contribution in [2.45, 2.75) is 19.9 Å². The standard InChI is InChI=1S/C16H16BrN3/c1-10(12-4-3-5-13(17)8-12)20-11(2)19-15-9-14(18)6-7-16(15)20/h3-10H,18H2,1-2H3. The first kappa shape index (κ1) is 13.2. The summed E-state index contributed by atoms with van der Waals surface area (Å²) in [6, 6.07) is 14.5. The molecule has 0 aliphatic rings. The first-order chi connectivity index (χ1) is 9.56. The average Bonchev–Trinajstić information content (AvgIpc) is 2.73. The van der Waals surface area contributed by atoms with Crippen molar-refractivity contribution in [3.63, 3.8) is 0 Å². The first-order valence-electron chi connectivity index (χ1n) is 6.56. The summed E-state index contributed by atoms with van der Waals surface area (Å²) < 4.78 is 3.34. The molecule has 0 amide bonds. The molecular weight excluding hydrogens is 314 g/mol. The molecule has 4 heteroatoms. The fraction of sp³-hybridized carbons (Fsp3) is 0.188. The van der Waals surface area contributed by atoms with Gasteiger partial charge in [-0.15, -0.1) is 0 Å². The molecule has 3 nitrogen and oxygen atoms in total. The van der Waals surface area contributed by atoms with Crippen molar-refractivity contribution in [3.05, 3.63) is 58.3 Å². The zero-order valence-corrected chi connectivity index (χ0v) is 13.1. The molecule has 3 aromatic rings. The molecule has 0 spiro atoms. The lowest BCUT2D eigenvalue weighted by molar-refractivity contribution is 0.637. The number of anilines is 1. The van der Waals surface area contributed by atoms with Gasteiger partial charge >= 0.3 is 0 Å². The van der Waals surface area contributed by atoms with Gasteiger partial charge in [-0.3, -0.25) is 0 Å². The minimum Gasteiger partial charge on any atom is -0.399 e. The minimum atomic E-state index is 0.223. The molecule has 20 heavy (non-hydrogen) atoms. The monoisotopic (exact) mass is 329 g/mol. The van der Waals surface area contributed by atoms with Crippen LogP contribution in [0.1, 0.15) is 24.4 Å². The van der Waals surface area contributed by atoms with Crippen LogP contribution in [0.2, 0.25) is 0 Å².